The second-order valence-electron chi connectivity index (χ2n) is 7.94. The topological polar surface area (TPSA) is 161 Å². The lowest BCUT2D eigenvalue weighted by atomic mass is 10.1. The largest absolute Gasteiger partial charge is 0.490 e. The Morgan fingerprint density at radius 2 is 1.86 bits per heavy atom. The van der Waals surface area contributed by atoms with Gasteiger partial charge in [-0.05, 0) is 45.0 Å². The van der Waals surface area contributed by atoms with Crippen LogP contribution in [0.25, 0.3) is 21.1 Å². The van der Waals surface area contributed by atoms with Gasteiger partial charge < -0.3 is 25.0 Å². The molecular weight excluding hydrogens is 569 g/mol. The van der Waals surface area contributed by atoms with E-state index < -0.39 is 25.8 Å². The van der Waals surface area contributed by atoms with Crippen molar-refractivity contribution >= 4 is 43.2 Å². The maximum absolute atomic E-state index is 14.7. The average molecular weight is 593 g/mol. The molecule has 1 heterocycles. The van der Waals surface area contributed by atoms with Crippen molar-refractivity contribution in [3.8, 4) is 38.7 Å². The lowest BCUT2D eigenvalue weighted by Crippen LogP contribution is -2.39. The molecule has 200 valence electrons. The number of nitrogens with zero attached hydrogens (tertiary/aromatic N) is 3. The second kappa shape index (κ2) is 13.0. The van der Waals surface area contributed by atoms with Crippen LogP contribution >= 0.6 is 43.2 Å². The summed E-state index contributed by atoms with van der Waals surface area (Å²) in [4.78, 5) is 17.7. The molecule has 0 saturated heterocycles. The van der Waals surface area contributed by atoms with Crippen LogP contribution < -0.4 is 15.2 Å². The third kappa shape index (κ3) is 8.33. The zero-order valence-electron chi connectivity index (χ0n) is 19.8. The third-order valence-corrected chi connectivity index (χ3v) is 6.65. The number of nitrogens with two attached hydrogens (primary N) is 1. The number of phosphoric ester groups is 1. The third-order valence-electron chi connectivity index (χ3n) is 4.72. The summed E-state index contributed by atoms with van der Waals surface area (Å²) in [7, 11) is -4.73. The predicted octanol–water partition coefficient (Wildman–Crippen LogP) is 4.95. The molecule has 0 fully saturated rings. The molecule has 37 heavy (non-hydrogen) atoms. The number of halogens is 3. The van der Waals surface area contributed by atoms with Crippen molar-refractivity contribution in [2.24, 2.45) is 5.73 Å². The van der Waals surface area contributed by atoms with Crippen LogP contribution in [0.15, 0.2) is 30.3 Å². The molecule has 10 nitrogen and oxygen atoms in total. The van der Waals surface area contributed by atoms with Crippen molar-refractivity contribution in [1.29, 1.82) is 5.26 Å². The zero-order chi connectivity index (χ0) is 26.6. The molecule has 0 unspecified atom stereocenters. The van der Waals surface area contributed by atoms with E-state index in [2.05, 4.69) is 20.8 Å². The van der Waals surface area contributed by atoms with Gasteiger partial charge in [0.05, 0.1) is 28.8 Å². The normalized spacial score (nSPS) is 13.0. The molecule has 2 aromatic carbocycles. The minimum Gasteiger partial charge on any atom is -0.490 e. The predicted molar refractivity (Wildman–Crippen MR) is 140 cm³/mol. The van der Waals surface area contributed by atoms with E-state index in [1.807, 2.05) is 13.8 Å². The molecule has 2 atom stereocenters. The van der Waals surface area contributed by atoms with Crippen molar-refractivity contribution in [3.63, 3.8) is 0 Å². The molecule has 0 spiro atoms. The summed E-state index contributed by atoms with van der Waals surface area (Å²) in [5.74, 6) is -0.486. The fraction of sp³-hybridized carbons (Fsp3) is 0.318. The Bertz CT molecular complexity index is 1330. The van der Waals surface area contributed by atoms with E-state index in [9.17, 15) is 14.2 Å². The first-order chi connectivity index (χ1) is 16.9. The van der Waals surface area contributed by atoms with E-state index >= 15 is 0 Å². The van der Waals surface area contributed by atoms with Crippen LogP contribution in [-0.2, 0) is 9.09 Å². The maximum Gasteiger partial charge on any atom is 0.469 e. The van der Waals surface area contributed by atoms with Gasteiger partial charge in [-0.3, -0.25) is 4.52 Å². The number of benzene rings is 2. The molecule has 1 aromatic heterocycles. The Balaban J connectivity index is 0.00000481. The summed E-state index contributed by atoms with van der Waals surface area (Å²) in [6, 6.07) is 8.62. The highest BCUT2D eigenvalue weighted by molar-refractivity contribution is 7.46. The van der Waals surface area contributed by atoms with E-state index in [4.69, 9.17) is 36.6 Å². The summed E-state index contributed by atoms with van der Waals surface area (Å²) in [5.41, 5.74) is 7.08. The molecule has 3 rings (SSSR count). The molecule has 4 N–H and O–H groups in total. The van der Waals surface area contributed by atoms with Crippen LogP contribution in [0.3, 0.4) is 0 Å². The van der Waals surface area contributed by atoms with Crippen LogP contribution in [0.1, 0.15) is 26.3 Å². The number of aromatic nitrogens is 2. The smallest absolute Gasteiger partial charge is 0.469 e. The Morgan fingerprint density at radius 3 is 2.49 bits per heavy atom. The van der Waals surface area contributed by atoms with Gasteiger partial charge in [0.15, 0.2) is 11.6 Å². The molecule has 0 amide bonds. The fourth-order valence-corrected chi connectivity index (χ4v) is 4.73. The van der Waals surface area contributed by atoms with E-state index in [0.717, 1.165) is 17.4 Å². The Hall–Kier alpha value is -2.33. The lowest BCUT2D eigenvalue weighted by Gasteiger charge is -2.21. The van der Waals surface area contributed by atoms with Gasteiger partial charge in [0.2, 0.25) is 0 Å². The summed E-state index contributed by atoms with van der Waals surface area (Å²) in [5, 5.41) is 18.7. The van der Waals surface area contributed by atoms with Gasteiger partial charge in [-0.15, -0.1) is 22.6 Å². The number of hydrogen-bond acceptors (Lipinski definition) is 9. The SMILES string of the molecule is CC(C)Oc1ccc(-c2nnc(-c3cc(F)c(OC[C@H](N)[C@H](C)OP(=O)(O)O)cc3Cl)s2)cc1C#N.Cl. The molecule has 15 heteroatoms. The summed E-state index contributed by atoms with van der Waals surface area (Å²) < 4.78 is 41.2. The van der Waals surface area contributed by atoms with Crippen LogP contribution in [0.4, 0.5) is 4.39 Å². The minimum absolute atomic E-state index is 0. The monoisotopic (exact) mass is 592 g/mol. The van der Waals surface area contributed by atoms with Gasteiger partial charge in [-0.25, -0.2) is 8.96 Å². The Morgan fingerprint density at radius 1 is 1.19 bits per heavy atom. The van der Waals surface area contributed by atoms with Crippen molar-refractivity contribution in [1.82, 2.24) is 10.2 Å². The number of phosphoric acid groups is 1. The number of hydrogen-bond donors (Lipinski definition) is 3. The lowest BCUT2D eigenvalue weighted by molar-refractivity contribution is 0.106. The van der Waals surface area contributed by atoms with E-state index in [0.29, 0.717) is 26.9 Å². The van der Waals surface area contributed by atoms with Crippen molar-refractivity contribution < 1.29 is 32.7 Å². The quantitative estimate of drug-likeness (QED) is 0.275. The first-order valence-corrected chi connectivity index (χ1v) is 13.3. The zero-order valence-corrected chi connectivity index (χ0v) is 23.1. The van der Waals surface area contributed by atoms with Gasteiger partial charge >= 0.3 is 7.82 Å². The van der Waals surface area contributed by atoms with Crippen molar-refractivity contribution in [2.45, 2.75) is 39.0 Å². The standard InChI is InChI=1S/C22H23ClFN4O6PS.ClH/c1-11(2)33-19-5-4-13(6-14(19)9-25)21-27-28-22(36-21)15-7-17(24)20(8-16(15)23)32-10-18(26)12(3)34-35(29,30)31;/h4-8,11-12,18H,10,26H2,1-3H3,(H2,29,30,31);1H/t12-,18-;/m0./s1. The summed E-state index contributed by atoms with van der Waals surface area (Å²) >= 11 is 7.51. The van der Waals surface area contributed by atoms with Gasteiger partial charge in [0.25, 0.3) is 0 Å². The molecule has 0 bridgehead atoms. The van der Waals surface area contributed by atoms with Gasteiger partial charge in [-0.1, -0.05) is 22.9 Å². The molecule has 0 aliphatic carbocycles. The van der Waals surface area contributed by atoms with E-state index in [-0.39, 0.29) is 41.5 Å². The molecule has 0 saturated carbocycles. The highest BCUT2D eigenvalue weighted by atomic mass is 35.5. The second-order valence-corrected chi connectivity index (χ2v) is 10.5. The van der Waals surface area contributed by atoms with Gasteiger partial charge in [-0.2, -0.15) is 5.26 Å². The van der Waals surface area contributed by atoms with Crippen LogP contribution in [-0.4, -0.2) is 44.8 Å². The molecule has 3 aromatic rings. The number of rotatable bonds is 10. The van der Waals surface area contributed by atoms with Crippen LogP contribution in [0, 0.1) is 17.1 Å². The molecule has 0 aliphatic heterocycles. The van der Waals surface area contributed by atoms with Gasteiger partial charge in [0, 0.05) is 17.2 Å². The fourth-order valence-electron chi connectivity index (χ4n) is 2.98. The number of nitriles is 1. The highest BCUT2D eigenvalue weighted by Gasteiger charge is 2.25. The molecular formula is C22H24Cl2FN4O6PS. The molecule has 0 aliphatic rings. The molecule has 0 radical (unpaired) electrons. The maximum atomic E-state index is 14.7. The summed E-state index contributed by atoms with van der Waals surface area (Å²) in [6.45, 7) is 4.80. The van der Waals surface area contributed by atoms with E-state index in [1.165, 1.54) is 13.0 Å². The average Bonchev–Trinajstić information content (AvgIpc) is 3.27. The first-order valence-electron chi connectivity index (χ1n) is 10.5. The highest BCUT2D eigenvalue weighted by Crippen LogP contribution is 2.39. The first kappa shape index (κ1) is 30.9. The Labute approximate surface area is 227 Å². The van der Waals surface area contributed by atoms with Crippen LogP contribution in [0.5, 0.6) is 11.5 Å². The van der Waals surface area contributed by atoms with Crippen molar-refractivity contribution in [2.75, 3.05) is 6.61 Å². The van der Waals surface area contributed by atoms with Gasteiger partial charge in [0.1, 0.15) is 28.4 Å². The van der Waals surface area contributed by atoms with Crippen LogP contribution in [0.2, 0.25) is 5.02 Å². The van der Waals surface area contributed by atoms with E-state index in [1.54, 1.807) is 18.2 Å². The minimum atomic E-state index is -4.73. The van der Waals surface area contributed by atoms with Crippen molar-refractivity contribution in [3.05, 3.63) is 46.7 Å². The Kier molecular flexibility index (Phi) is 10.8. The number of ether oxygens (including phenoxy) is 2. The summed E-state index contributed by atoms with van der Waals surface area (Å²) in [6.07, 6.45) is -1.14.